The number of aryl methyl sites for hydroxylation is 1. The van der Waals surface area contributed by atoms with Crippen LogP contribution in [0.1, 0.15) is 27.0 Å². The summed E-state index contributed by atoms with van der Waals surface area (Å²) >= 11 is 3.08. The van der Waals surface area contributed by atoms with Gasteiger partial charge in [0, 0.05) is 30.6 Å². The van der Waals surface area contributed by atoms with Crippen LogP contribution in [0.4, 0.5) is 0 Å². The number of morpholine rings is 1. The molecule has 1 fully saturated rings. The number of rotatable bonds is 7. The summed E-state index contributed by atoms with van der Waals surface area (Å²) in [4.78, 5) is 20.6. The fourth-order valence-electron chi connectivity index (χ4n) is 3.56. The average Bonchev–Trinajstić information content (AvgIpc) is 3.45. The summed E-state index contributed by atoms with van der Waals surface area (Å²) in [6.45, 7) is 5.51. The Hall–Kier alpha value is -2.26. The zero-order valence-electron chi connectivity index (χ0n) is 17.1. The number of carbonyl (C=O) groups excluding carboxylic acids is 1. The minimum Gasteiger partial charge on any atom is -0.497 e. The number of methoxy groups -OCH3 is 1. The summed E-state index contributed by atoms with van der Waals surface area (Å²) in [7, 11) is 1.66. The zero-order valence-corrected chi connectivity index (χ0v) is 18.7. The van der Waals surface area contributed by atoms with Crippen molar-refractivity contribution in [1.82, 2.24) is 15.2 Å². The molecule has 3 aromatic rings. The van der Waals surface area contributed by atoms with Crippen molar-refractivity contribution < 1.29 is 14.3 Å². The number of carbonyl (C=O) groups is 1. The van der Waals surface area contributed by atoms with Crippen molar-refractivity contribution in [3.05, 3.63) is 57.2 Å². The number of nitrogens with one attached hydrogen (secondary N) is 1. The number of aromatic nitrogens is 1. The van der Waals surface area contributed by atoms with Crippen LogP contribution in [0.15, 0.2) is 41.1 Å². The van der Waals surface area contributed by atoms with Gasteiger partial charge in [0.1, 0.15) is 15.6 Å². The summed E-state index contributed by atoms with van der Waals surface area (Å²) in [5, 5.41) is 8.11. The van der Waals surface area contributed by atoms with E-state index in [-0.39, 0.29) is 11.9 Å². The lowest BCUT2D eigenvalue weighted by Gasteiger charge is -2.35. The van der Waals surface area contributed by atoms with Gasteiger partial charge in [0.25, 0.3) is 5.91 Å². The largest absolute Gasteiger partial charge is 0.497 e. The molecule has 158 valence electrons. The highest BCUT2D eigenvalue weighted by atomic mass is 32.1. The van der Waals surface area contributed by atoms with Crippen LogP contribution in [-0.4, -0.2) is 55.7 Å². The van der Waals surface area contributed by atoms with E-state index in [9.17, 15) is 4.79 Å². The Bertz CT molecular complexity index is 964. The first-order valence-electron chi connectivity index (χ1n) is 9.89. The monoisotopic (exact) mass is 443 g/mol. The van der Waals surface area contributed by atoms with E-state index in [1.54, 1.807) is 18.4 Å². The number of thiophene rings is 1. The molecule has 0 bridgehead atoms. The highest BCUT2D eigenvalue weighted by Gasteiger charge is 2.24. The van der Waals surface area contributed by atoms with Gasteiger partial charge in [-0.1, -0.05) is 12.1 Å². The van der Waals surface area contributed by atoms with Crippen molar-refractivity contribution in [2.75, 3.05) is 40.0 Å². The molecule has 1 atom stereocenters. The molecule has 2 aromatic heterocycles. The van der Waals surface area contributed by atoms with Crippen molar-refractivity contribution in [2.24, 2.45) is 0 Å². The quantitative estimate of drug-likeness (QED) is 0.598. The van der Waals surface area contributed by atoms with Crippen molar-refractivity contribution in [3.8, 4) is 16.3 Å². The summed E-state index contributed by atoms with van der Waals surface area (Å²) < 4.78 is 10.8. The molecule has 0 saturated carbocycles. The van der Waals surface area contributed by atoms with Crippen molar-refractivity contribution in [1.29, 1.82) is 0 Å². The standard InChI is InChI=1S/C22H25N3O3S2/c1-15-20(30-22(24-15)17-7-12-29-14-17)21(26)23-13-19(25-8-10-28-11-9-25)16-3-5-18(27-2)6-4-16/h3-7,12,14,19H,8-11,13H2,1-2H3,(H,23,26)/t19-/m1/s1. The fraction of sp³-hybridized carbons (Fsp3) is 0.364. The number of hydrogen-bond acceptors (Lipinski definition) is 7. The molecule has 1 aromatic carbocycles. The molecular formula is C22H25N3O3S2. The van der Waals surface area contributed by atoms with Gasteiger partial charge in [0.05, 0.1) is 32.1 Å². The normalized spacial score (nSPS) is 15.7. The van der Waals surface area contributed by atoms with Crippen LogP contribution in [0.3, 0.4) is 0 Å². The zero-order chi connectivity index (χ0) is 20.9. The smallest absolute Gasteiger partial charge is 0.263 e. The predicted octanol–water partition coefficient (Wildman–Crippen LogP) is 3.99. The summed E-state index contributed by atoms with van der Waals surface area (Å²) in [6.07, 6.45) is 0. The molecule has 1 aliphatic heterocycles. The second kappa shape index (κ2) is 9.70. The van der Waals surface area contributed by atoms with Gasteiger partial charge in [0.15, 0.2) is 0 Å². The molecule has 8 heteroatoms. The number of thiazole rings is 1. The maximum absolute atomic E-state index is 13.0. The van der Waals surface area contributed by atoms with Gasteiger partial charge in [-0.25, -0.2) is 4.98 Å². The summed E-state index contributed by atoms with van der Waals surface area (Å²) in [5.41, 5.74) is 2.99. The molecule has 0 unspecified atom stereocenters. The third-order valence-electron chi connectivity index (χ3n) is 5.21. The topological polar surface area (TPSA) is 63.7 Å². The minimum atomic E-state index is -0.0711. The van der Waals surface area contributed by atoms with E-state index in [4.69, 9.17) is 9.47 Å². The lowest BCUT2D eigenvalue weighted by molar-refractivity contribution is 0.0162. The third-order valence-corrected chi connectivity index (χ3v) is 7.10. The Morgan fingerprint density at radius 2 is 2.03 bits per heavy atom. The molecule has 1 saturated heterocycles. The summed E-state index contributed by atoms with van der Waals surface area (Å²) in [6, 6.07) is 10.2. The SMILES string of the molecule is COc1ccc([C@@H](CNC(=O)c2sc(-c3ccsc3)nc2C)N2CCOCC2)cc1. The first kappa shape index (κ1) is 21.0. The van der Waals surface area contributed by atoms with Crippen LogP contribution in [0.25, 0.3) is 10.6 Å². The Morgan fingerprint density at radius 1 is 1.27 bits per heavy atom. The van der Waals surface area contributed by atoms with Crippen LogP contribution < -0.4 is 10.1 Å². The fourth-order valence-corrected chi connectivity index (χ4v) is 5.25. The first-order valence-corrected chi connectivity index (χ1v) is 11.7. The second-order valence-corrected chi connectivity index (χ2v) is 8.87. The second-order valence-electron chi connectivity index (χ2n) is 7.09. The Morgan fingerprint density at radius 3 is 2.70 bits per heavy atom. The van der Waals surface area contributed by atoms with Crippen LogP contribution >= 0.6 is 22.7 Å². The van der Waals surface area contributed by atoms with Crippen LogP contribution in [0.2, 0.25) is 0 Å². The molecule has 4 rings (SSSR count). The van der Waals surface area contributed by atoms with Crippen LogP contribution in [-0.2, 0) is 4.74 Å². The highest BCUT2D eigenvalue weighted by Crippen LogP contribution is 2.30. The van der Waals surface area contributed by atoms with Crippen LogP contribution in [0.5, 0.6) is 5.75 Å². The van der Waals surface area contributed by atoms with Gasteiger partial charge in [0.2, 0.25) is 0 Å². The summed E-state index contributed by atoms with van der Waals surface area (Å²) in [5.74, 6) is 0.753. The molecule has 30 heavy (non-hydrogen) atoms. The number of benzene rings is 1. The molecule has 0 aliphatic carbocycles. The van der Waals surface area contributed by atoms with E-state index < -0.39 is 0 Å². The average molecular weight is 444 g/mol. The maximum Gasteiger partial charge on any atom is 0.263 e. The van der Waals surface area contributed by atoms with E-state index >= 15 is 0 Å². The molecule has 1 aliphatic rings. The minimum absolute atomic E-state index is 0.0711. The third kappa shape index (κ3) is 4.73. The number of amides is 1. The maximum atomic E-state index is 13.0. The molecule has 1 amide bonds. The highest BCUT2D eigenvalue weighted by molar-refractivity contribution is 7.17. The van der Waals surface area contributed by atoms with E-state index in [1.807, 2.05) is 30.5 Å². The number of ether oxygens (including phenoxy) is 2. The van der Waals surface area contributed by atoms with Gasteiger partial charge >= 0.3 is 0 Å². The van der Waals surface area contributed by atoms with E-state index in [2.05, 4.69) is 32.7 Å². The number of hydrogen-bond donors (Lipinski definition) is 1. The first-order chi connectivity index (χ1) is 14.7. The van der Waals surface area contributed by atoms with E-state index in [1.165, 1.54) is 11.3 Å². The molecule has 1 N–H and O–H groups in total. The van der Waals surface area contributed by atoms with Crippen LogP contribution in [0, 0.1) is 6.92 Å². The Balaban J connectivity index is 1.49. The van der Waals surface area contributed by atoms with Gasteiger partial charge in [-0.05, 0) is 36.1 Å². The van der Waals surface area contributed by atoms with E-state index in [0.717, 1.165) is 40.7 Å². The Kier molecular flexibility index (Phi) is 6.79. The van der Waals surface area contributed by atoms with E-state index in [0.29, 0.717) is 24.6 Å². The Labute approximate surface area is 184 Å². The van der Waals surface area contributed by atoms with Crippen molar-refractivity contribution >= 4 is 28.6 Å². The lowest BCUT2D eigenvalue weighted by atomic mass is 10.0. The molecule has 6 nitrogen and oxygen atoms in total. The molecule has 0 radical (unpaired) electrons. The van der Waals surface area contributed by atoms with Gasteiger partial charge < -0.3 is 14.8 Å². The molecule has 3 heterocycles. The van der Waals surface area contributed by atoms with Gasteiger partial charge in [-0.2, -0.15) is 11.3 Å². The van der Waals surface area contributed by atoms with Crippen molar-refractivity contribution in [3.63, 3.8) is 0 Å². The van der Waals surface area contributed by atoms with Gasteiger partial charge in [-0.15, -0.1) is 11.3 Å². The predicted molar refractivity (Wildman–Crippen MR) is 121 cm³/mol. The molecular weight excluding hydrogens is 418 g/mol. The molecule has 0 spiro atoms. The number of nitrogens with zero attached hydrogens (tertiary/aromatic N) is 2. The van der Waals surface area contributed by atoms with Crippen molar-refractivity contribution in [2.45, 2.75) is 13.0 Å². The van der Waals surface area contributed by atoms with Gasteiger partial charge in [-0.3, -0.25) is 9.69 Å². The lowest BCUT2D eigenvalue weighted by Crippen LogP contribution is -2.43.